The van der Waals surface area contributed by atoms with Crippen LogP contribution >= 0.6 is 12.4 Å². The van der Waals surface area contributed by atoms with Crippen LogP contribution in [-0.2, 0) is 0 Å². The molecule has 1 N–H and O–H groups in total. The van der Waals surface area contributed by atoms with E-state index in [4.69, 9.17) is 4.74 Å². The van der Waals surface area contributed by atoms with Crippen LogP contribution in [0.4, 0.5) is 8.78 Å². The van der Waals surface area contributed by atoms with E-state index in [0.717, 1.165) is 24.9 Å². The lowest BCUT2D eigenvalue weighted by atomic mass is 10.1. The van der Waals surface area contributed by atoms with Crippen LogP contribution in [0.3, 0.4) is 0 Å². The van der Waals surface area contributed by atoms with Gasteiger partial charge in [0.25, 0.3) is 0 Å². The minimum atomic E-state index is -0.658. The van der Waals surface area contributed by atoms with Gasteiger partial charge in [-0.1, -0.05) is 18.2 Å². The maximum atomic E-state index is 14.2. The Morgan fingerprint density at radius 1 is 1.12 bits per heavy atom. The molecule has 0 aliphatic carbocycles. The molecule has 0 saturated carbocycles. The fourth-order valence-electron chi connectivity index (χ4n) is 3.06. The predicted octanol–water partition coefficient (Wildman–Crippen LogP) is 3.71. The average molecular weight is 366 g/mol. The molecule has 0 radical (unpaired) electrons. The molecule has 3 aromatic rings. The normalized spacial score (nSPS) is 16.8. The Kier molecular flexibility index (Phi) is 5.20. The Labute approximate surface area is 150 Å². The molecule has 1 atom stereocenters. The van der Waals surface area contributed by atoms with Crippen LogP contribution in [0.2, 0.25) is 0 Å². The molecule has 4 rings (SSSR count). The molecule has 1 unspecified atom stereocenters. The van der Waals surface area contributed by atoms with Crippen molar-refractivity contribution in [1.29, 1.82) is 0 Å². The zero-order valence-corrected chi connectivity index (χ0v) is 14.2. The smallest absolute Gasteiger partial charge is 0.241 e. The van der Waals surface area contributed by atoms with E-state index in [-0.39, 0.29) is 18.1 Å². The Bertz CT molecular complexity index is 858. The van der Waals surface area contributed by atoms with E-state index in [9.17, 15) is 8.78 Å². The molecule has 2 heterocycles. The summed E-state index contributed by atoms with van der Waals surface area (Å²) in [5.74, 6) is -0.483. The quantitative estimate of drug-likeness (QED) is 0.766. The second kappa shape index (κ2) is 7.37. The highest BCUT2D eigenvalue weighted by atomic mass is 35.5. The third kappa shape index (κ3) is 3.32. The molecule has 0 spiro atoms. The van der Waals surface area contributed by atoms with Crippen molar-refractivity contribution in [1.82, 2.24) is 15.1 Å². The number of para-hydroxylation sites is 2. The minimum Gasteiger partial charge on any atom is -0.476 e. The number of benzene rings is 2. The van der Waals surface area contributed by atoms with Gasteiger partial charge in [0, 0.05) is 12.5 Å². The van der Waals surface area contributed by atoms with Gasteiger partial charge in [0.05, 0.1) is 17.5 Å². The topological polar surface area (TPSA) is 39.1 Å². The van der Waals surface area contributed by atoms with Crippen LogP contribution in [0.5, 0.6) is 5.88 Å². The summed E-state index contributed by atoms with van der Waals surface area (Å²) < 4.78 is 35.5. The number of ether oxygens (including phenoxy) is 1. The van der Waals surface area contributed by atoms with Crippen LogP contribution in [0.1, 0.15) is 6.42 Å². The van der Waals surface area contributed by atoms with Crippen molar-refractivity contribution in [2.24, 2.45) is 5.92 Å². The predicted molar refractivity (Wildman–Crippen MR) is 94.7 cm³/mol. The highest BCUT2D eigenvalue weighted by molar-refractivity contribution is 5.86. The SMILES string of the molecule is Cl.Fc1cccc(F)c1-n1nc(OCC2CCNC2)c2ccccc21. The summed E-state index contributed by atoms with van der Waals surface area (Å²) in [7, 11) is 0. The van der Waals surface area contributed by atoms with Gasteiger partial charge in [-0.25, -0.2) is 13.5 Å². The van der Waals surface area contributed by atoms with Gasteiger partial charge >= 0.3 is 0 Å². The van der Waals surface area contributed by atoms with Crippen molar-refractivity contribution < 1.29 is 13.5 Å². The monoisotopic (exact) mass is 365 g/mol. The van der Waals surface area contributed by atoms with E-state index >= 15 is 0 Å². The van der Waals surface area contributed by atoms with Crippen molar-refractivity contribution in [3.8, 4) is 11.6 Å². The molecule has 1 aliphatic heterocycles. The molecule has 1 aliphatic rings. The van der Waals surface area contributed by atoms with Crippen molar-refractivity contribution in [2.45, 2.75) is 6.42 Å². The molecular weight excluding hydrogens is 348 g/mol. The lowest BCUT2D eigenvalue weighted by molar-refractivity contribution is 0.252. The maximum Gasteiger partial charge on any atom is 0.241 e. The number of nitrogens with one attached hydrogen (secondary N) is 1. The van der Waals surface area contributed by atoms with Gasteiger partial charge < -0.3 is 10.1 Å². The zero-order valence-electron chi connectivity index (χ0n) is 13.4. The van der Waals surface area contributed by atoms with Crippen molar-refractivity contribution in [3.05, 3.63) is 54.1 Å². The summed E-state index contributed by atoms with van der Waals surface area (Å²) in [5.41, 5.74) is 0.423. The minimum absolute atomic E-state index is 0. The number of aromatic nitrogens is 2. The van der Waals surface area contributed by atoms with Gasteiger partial charge in [-0.3, -0.25) is 0 Å². The number of fused-ring (bicyclic) bond motifs is 1. The van der Waals surface area contributed by atoms with Crippen molar-refractivity contribution >= 4 is 23.3 Å². The molecule has 0 bridgehead atoms. The molecule has 7 heteroatoms. The number of nitrogens with zero attached hydrogens (tertiary/aromatic N) is 2. The second-order valence-electron chi connectivity index (χ2n) is 5.97. The molecule has 0 amide bonds. The molecule has 25 heavy (non-hydrogen) atoms. The summed E-state index contributed by atoms with van der Waals surface area (Å²) in [5, 5.41) is 8.36. The van der Waals surface area contributed by atoms with Crippen LogP contribution in [0.25, 0.3) is 16.6 Å². The van der Waals surface area contributed by atoms with Gasteiger partial charge in [0.1, 0.15) is 5.69 Å². The average Bonchev–Trinajstić information content (AvgIpc) is 3.21. The molecule has 2 aromatic carbocycles. The van der Waals surface area contributed by atoms with Crippen molar-refractivity contribution in [2.75, 3.05) is 19.7 Å². The van der Waals surface area contributed by atoms with Crippen LogP contribution in [-0.4, -0.2) is 29.5 Å². The first-order valence-corrected chi connectivity index (χ1v) is 7.99. The first-order valence-electron chi connectivity index (χ1n) is 7.99. The van der Waals surface area contributed by atoms with E-state index in [1.165, 1.54) is 22.9 Å². The third-order valence-corrected chi connectivity index (χ3v) is 4.32. The number of rotatable bonds is 4. The number of hydrogen-bond acceptors (Lipinski definition) is 3. The number of hydrogen-bond donors (Lipinski definition) is 1. The van der Waals surface area contributed by atoms with E-state index in [0.29, 0.717) is 23.9 Å². The molecule has 1 fully saturated rings. The lowest BCUT2D eigenvalue weighted by Gasteiger charge is -2.08. The van der Waals surface area contributed by atoms with Crippen LogP contribution < -0.4 is 10.1 Å². The van der Waals surface area contributed by atoms with E-state index < -0.39 is 11.6 Å². The van der Waals surface area contributed by atoms with Crippen LogP contribution in [0, 0.1) is 17.6 Å². The van der Waals surface area contributed by atoms with Crippen LogP contribution in [0.15, 0.2) is 42.5 Å². The van der Waals surface area contributed by atoms with E-state index in [1.54, 1.807) is 6.07 Å². The third-order valence-electron chi connectivity index (χ3n) is 4.32. The summed E-state index contributed by atoms with van der Waals surface area (Å²) in [6, 6.07) is 11.1. The summed E-state index contributed by atoms with van der Waals surface area (Å²) >= 11 is 0. The largest absolute Gasteiger partial charge is 0.476 e. The zero-order chi connectivity index (χ0) is 16.5. The number of halogens is 3. The van der Waals surface area contributed by atoms with E-state index in [1.807, 2.05) is 18.2 Å². The van der Waals surface area contributed by atoms with Gasteiger partial charge in [0.15, 0.2) is 11.6 Å². The summed E-state index contributed by atoms with van der Waals surface area (Å²) in [4.78, 5) is 0. The Balaban J connectivity index is 0.00000182. The van der Waals surface area contributed by atoms with Gasteiger partial charge in [-0.2, -0.15) is 0 Å². The maximum absolute atomic E-state index is 14.2. The Morgan fingerprint density at radius 3 is 2.60 bits per heavy atom. The first kappa shape index (κ1) is 17.6. The second-order valence-corrected chi connectivity index (χ2v) is 5.97. The van der Waals surface area contributed by atoms with Gasteiger partial charge in [-0.05, 0) is 37.2 Å². The highest BCUT2D eigenvalue weighted by Gasteiger charge is 2.20. The Hall–Kier alpha value is -2.18. The molecular formula is C18H18ClF2N3O. The molecule has 4 nitrogen and oxygen atoms in total. The lowest BCUT2D eigenvalue weighted by Crippen LogP contribution is -2.15. The molecule has 132 valence electrons. The van der Waals surface area contributed by atoms with Crippen molar-refractivity contribution in [3.63, 3.8) is 0 Å². The van der Waals surface area contributed by atoms with Gasteiger partial charge in [-0.15, -0.1) is 17.5 Å². The first-order chi connectivity index (χ1) is 11.7. The standard InChI is InChI=1S/C18H17F2N3O.ClH/c19-14-5-3-6-15(20)17(14)23-16-7-2-1-4-13(16)18(22-23)24-11-12-8-9-21-10-12;/h1-7,12,21H,8-11H2;1H. The fraction of sp³-hybridized carbons (Fsp3) is 0.278. The summed E-state index contributed by atoms with van der Waals surface area (Å²) in [6.45, 7) is 2.44. The highest BCUT2D eigenvalue weighted by Crippen LogP contribution is 2.29. The fourth-order valence-corrected chi connectivity index (χ4v) is 3.06. The summed E-state index contributed by atoms with van der Waals surface area (Å²) in [6.07, 6.45) is 1.06. The molecule has 1 aromatic heterocycles. The van der Waals surface area contributed by atoms with E-state index in [2.05, 4.69) is 10.4 Å². The Morgan fingerprint density at radius 2 is 1.88 bits per heavy atom. The molecule has 1 saturated heterocycles. The van der Waals surface area contributed by atoms with Gasteiger partial charge in [0.2, 0.25) is 5.88 Å².